The maximum atomic E-state index is 6.04. The van der Waals surface area contributed by atoms with Gasteiger partial charge in [0.1, 0.15) is 0 Å². The Morgan fingerprint density at radius 3 is 2.25 bits per heavy atom. The molecule has 0 bridgehead atoms. The molecular weight excluding hydrogens is 300 g/mol. The fourth-order valence-electron chi connectivity index (χ4n) is 0.997. The van der Waals surface area contributed by atoms with Crippen LogP contribution in [0, 0.1) is 0 Å². The Morgan fingerprint density at radius 1 is 1.25 bits per heavy atom. The zero-order chi connectivity index (χ0) is 9.35. The number of hydrogen-bond donors (Lipinski definition) is 0. The summed E-state index contributed by atoms with van der Waals surface area (Å²) in [5.41, 5.74) is 0. The van der Waals surface area contributed by atoms with Gasteiger partial charge in [0.15, 0.2) is 0 Å². The third-order valence-electron chi connectivity index (χ3n) is 1.65. The van der Waals surface area contributed by atoms with Gasteiger partial charge in [0, 0.05) is 0 Å². The summed E-state index contributed by atoms with van der Waals surface area (Å²) in [5.74, 6) is 0. The van der Waals surface area contributed by atoms with Gasteiger partial charge < -0.3 is 0 Å². The van der Waals surface area contributed by atoms with Gasteiger partial charge in [-0.25, -0.2) is 0 Å². The van der Waals surface area contributed by atoms with Gasteiger partial charge in [-0.1, -0.05) is 0 Å². The average Bonchev–Trinajstić information content (AvgIpc) is 1.92. The molecule has 0 aromatic carbocycles. The molecule has 1 nitrogen and oxygen atoms in total. The number of hydrogen-bond acceptors (Lipinski definition) is 1. The van der Waals surface area contributed by atoms with E-state index < -0.39 is 18.4 Å². The van der Waals surface area contributed by atoms with Crippen LogP contribution >= 0.6 is 23.2 Å². The van der Waals surface area contributed by atoms with Crippen LogP contribution in [0.3, 0.4) is 0 Å². The van der Waals surface area contributed by atoms with Crippen molar-refractivity contribution < 1.29 is 0 Å². The first-order valence-electron chi connectivity index (χ1n) is 3.73. The topological polar surface area (TPSA) is 12.9 Å². The summed E-state index contributed by atoms with van der Waals surface area (Å²) in [6, 6.07) is 1.99. The predicted octanol–water partition coefficient (Wildman–Crippen LogP) is 2.93. The first-order valence-corrected chi connectivity index (χ1v) is 14.5. The second-order valence-electron chi connectivity index (χ2n) is 3.71. The summed E-state index contributed by atoms with van der Waals surface area (Å²) in [7, 11) is 0. The van der Waals surface area contributed by atoms with Crippen LogP contribution < -0.4 is 3.58 Å². The molecule has 0 aliphatic carbocycles. The van der Waals surface area contributed by atoms with Crippen molar-refractivity contribution in [3.8, 4) is 0 Å². The van der Waals surface area contributed by atoms with Gasteiger partial charge >= 0.3 is 87.4 Å². The minimum absolute atomic E-state index is 0.431. The molecule has 1 aromatic rings. The van der Waals surface area contributed by atoms with E-state index in [0.29, 0.717) is 10.2 Å². The molecule has 0 aliphatic heterocycles. The second-order valence-corrected chi connectivity index (χ2v) is 18.8. The molecule has 0 aliphatic rings. The Labute approximate surface area is 87.0 Å². The summed E-state index contributed by atoms with van der Waals surface area (Å²) in [6.07, 6.45) is 1.73. The normalized spacial score (nSPS) is 11.8. The zero-order valence-corrected chi connectivity index (χ0v) is 11.7. The van der Waals surface area contributed by atoms with Crippen molar-refractivity contribution in [3.63, 3.8) is 0 Å². The molecule has 12 heavy (non-hydrogen) atoms. The Hall–Kier alpha value is 0.529. The van der Waals surface area contributed by atoms with E-state index in [0.717, 1.165) is 0 Å². The SMILES string of the molecule is [CH3][Sn]([CH3])([CH3])[c]1ccnc(Cl)c1Cl. The molecule has 0 unspecified atom stereocenters. The summed E-state index contributed by atoms with van der Waals surface area (Å²) >= 11 is 9.77. The van der Waals surface area contributed by atoms with Crippen molar-refractivity contribution >= 4 is 45.2 Å². The van der Waals surface area contributed by atoms with Gasteiger partial charge in [-0.3, -0.25) is 0 Å². The molecule has 0 atom stereocenters. The summed E-state index contributed by atoms with van der Waals surface area (Å²) < 4.78 is 1.24. The van der Waals surface area contributed by atoms with Crippen molar-refractivity contribution in [2.24, 2.45) is 0 Å². The van der Waals surface area contributed by atoms with Crippen LogP contribution in [0.15, 0.2) is 12.3 Å². The molecular formula is C8H11Cl2NSn. The first-order chi connectivity index (χ1) is 5.43. The molecule has 66 valence electrons. The van der Waals surface area contributed by atoms with E-state index in [4.69, 9.17) is 23.2 Å². The van der Waals surface area contributed by atoms with Crippen LogP contribution in [0.1, 0.15) is 0 Å². The number of halogens is 2. The van der Waals surface area contributed by atoms with E-state index in [2.05, 4.69) is 19.8 Å². The average molecular weight is 311 g/mol. The van der Waals surface area contributed by atoms with Crippen LogP contribution in [0.2, 0.25) is 25.0 Å². The number of pyridine rings is 1. The van der Waals surface area contributed by atoms with E-state index in [1.807, 2.05) is 6.07 Å². The molecule has 1 heterocycles. The molecule has 0 N–H and O–H groups in total. The van der Waals surface area contributed by atoms with Gasteiger partial charge in [0.2, 0.25) is 0 Å². The molecule has 0 amide bonds. The van der Waals surface area contributed by atoms with Gasteiger partial charge in [0.25, 0.3) is 0 Å². The monoisotopic (exact) mass is 311 g/mol. The van der Waals surface area contributed by atoms with Crippen LogP contribution in [0.25, 0.3) is 0 Å². The van der Waals surface area contributed by atoms with Gasteiger partial charge in [-0.2, -0.15) is 0 Å². The number of nitrogens with zero attached hydrogens (tertiary/aromatic N) is 1. The molecule has 1 rings (SSSR count). The third-order valence-corrected chi connectivity index (χ3v) is 8.67. The van der Waals surface area contributed by atoms with Crippen molar-refractivity contribution in [3.05, 3.63) is 22.4 Å². The molecule has 1 aromatic heterocycles. The molecule has 0 fully saturated rings. The maximum absolute atomic E-state index is 6.04. The second kappa shape index (κ2) is 3.72. The first kappa shape index (κ1) is 10.6. The van der Waals surface area contributed by atoms with Crippen LogP contribution in [0.4, 0.5) is 0 Å². The Balaban J connectivity index is 3.26. The van der Waals surface area contributed by atoms with Crippen LogP contribution in [-0.4, -0.2) is 23.4 Å². The third kappa shape index (κ3) is 2.27. The van der Waals surface area contributed by atoms with E-state index in [9.17, 15) is 0 Å². The van der Waals surface area contributed by atoms with Gasteiger partial charge in [-0.15, -0.1) is 0 Å². The van der Waals surface area contributed by atoms with Crippen molar-refractivity contribution in [1.29, 1.82) is 0 Å². The van der Waals surface area contributed by atoms with E-state index in [1.165, 1.54) is 3.58 Å². The summed E-state index contributed by atoms with van der Waals surface area (Å²) in [5, 5.41) is 1.09. The van der Waals surface area contributed by atoms with Crippen LogP contribution in [0.5, 0.6) is 0 Å². The molecule has 0 saturated heterocycles. The van der Waals surface area contributed by atoms with Crippen LogP contribution in [-0.2, 0) is 0 Å². The summed E-state index contributed by atoms with van der Waals surface area (Å²) in [6.45, 7) is 0. The number of aromatic nitrogens is 1. The molecule has 0 spiro atoms. The molecule has 0 radical (unpaired) electrons. The summed E-state index contributed by atoms with van der Waals surface area (Å²) in [4.78, 5) is 10.8. The van der Waals surface area contributed by atoms with Crippen molar-refractivity contribution in [1.82, 2.24) is 4.98 Å². The van der Waals surface area contributed by atoms with Crippen molar-refractivity contribution in [2.45, 2.75) is 14.8 Å². The quantitative estimate of drug-likeness (QED) is 0.574. The molecule has 0 saturated carbocycles. The van der Waals surface area contributed by atoms with Gasteiger partial charge in [0.05, 0.1) is 0 Å². The fourth-order valence-corrected chi connectivity index (χ4v) is 7.25. The molecule has 4 heteroatoms. The minimum atomic E-state index is -2.07. The van der Waals surface area contributed by atoms with Gasteiger partial charge in [-0.05, 0) is 0 Å². The van der Waals surface area contributed by atoms with E-state index in [-0.39, 0.29) is 0 Å². The van der Waals surface area contributed by atoms with E-state index >= 15 is 0 Å². The zero-order valence-electron chi connectivity index (χ0n) is 7.36. The van der Waals surface area contributed by atoms with E-state index in [1.54, 1.807) is 6.20 Å². The standard InChI is InChI=1S/C5H2Cl2N.3CH3.Sn/c6-4-2-1-3-8-5(4)7;;;;/h1,3H;3*1H3;. The Morgan fingerprint density at radius 2 is 1.83 bits per heavy atom. The Kier molecular flexibility index (Phi) is 3.29. The fraction of sp³-hybridized carbons (Fsp3) is 0.375. The Bertz CT molecular complexity index is 294. The van der Waals surface area contributed by atoms with Crippen molar-refractivity contribution in [2.75, 3.05) is 0 Å². The predicted molar refractivity (Wildman–Crippen MR) is 57.2 cm³/mol. The number of rotatable bonds is 1.